The third-order valence-electron chi connectivity index (χ3n) is 4.16. The van der Waals surface area contributed by atoms with Crippen LogP contribution in [0.4, 0.5) is 0 Å². The Kier molecular flexibility index (Phi) is 5.66. The van der Waals surface area contributed by atoms with E-state index in [2.05, 4.69) is 15.6 Å². The molecule has 0 aliphatic rings. The molecule has 0 spiro atoms. The maximum Gasteiger partial charge on any atom is 0.275 e. The lowest BCUT2D eigenvalue weighted by molar-refractivity contribution is -0.121. The molecule has 0 aliphatic carbocycles. The van der Waals surface area contributed by atoms with Crippen LogP contribution in [-0.2, 0) is 11.3 Å². The van der Waals surface area contributed by atoms with Crippen molar-refractivity contribution >= 4 is 34.0 Å². The number of aromatic nitrogens is 2. The molecule has 1 aromatic heterocycles. The number of benzene rings is 2. The van der Waals surface area contributed by atoms with Crippen molar-refractivity contribution in [1.29, 1.82) is 0 Å². The molecule has 0 saturated carbocycles. The van der Waals surface area contributed by atoms with Crippen molar-refractivity contribution in [2.24, 2.45) is 5.10 Å². The molecule has 0 atom stereocenters. The second-order valence-corrected chi connectivity index (χ2v) is 6.54. The lowest BCUT2D eigenvalue weighted by Gasteiger charge is -2.11. The first-order valence-corrected chi connectivity index (χ1v) is 8.95. The Morgan fingerprint density at radius 1 is 1.15 bits per heavy atom. The number of rotatable bonds is 5. The molecule has 6 nitrogen and oxygen atoms in total. The number of fused-ring (bicyclic) bond motifs is 1. The SMILES string of the molecule is CC/C(C)=N\NC(=O)Cn1nc(-c2ccc(Cl)cc2)c2ccccc2c1=O. The first kappa shape index (κ1) is 18.8. The summed E-state index contributed by atoms with van der Waals surface area (Å²) in [6.07, 6.45) is 0.731. The standard InChI is InChI=1S/C20H19ClN4O2/c1-3-13(2)22-23-18(26)12-25-20(27)17-7-5-4-6-16(17)19(24-25)14-8-10-15(21)11-9-14/h4-11H,3,12H2,1-2H3,(H,23,26)/b22-13-. The number of carbonyl (C=O) groups is 1. The first-order valence-electron chi connectivity index (χ1n) is 8.57. The van der Waals surface area contributed by atoms with Crippen LogP contribution < -0.4 is 11.0 Å². The zero-order chi connectivity index (χ0) is 19.4. The average Bonchev–Trinajstić information content (AvgIpc) is 2.69. The Balaban J connectivity index is 2.06. The summed E-state index contributed by atoms with van der Waals surface area (Å²) < 4.78 is 1.17. The molecule has 0 bridgehead atoms. The second kappa shape index (κ2) is 8.14. The molecule has 0 radical (unpaired) electrons. The van der Waals surface area contributed by atoms with Gasteiger partial charge in [0.05, 0.1) is 11.1 Å². The summed E-state index contributed by atoms with van der Waals surface area (Å²) in [6.45, 7) is 3.54. The highest BCUT2D eigenvalue weighted by atomic mass is 35.5. The van der Waals surface area contributed by atoms with Gasteiger partial charge in [0.1, 0.15) is 6.54 Å². The van der Waals surface area contributed by atoms with Crippen LogP contribution in [-0.4, -0.2) is 21.4 Å². The van der Waals surface area contributed by atoms with E-state index in [0.29, 0.717) is 16.1 Å². The topological polar surface area (TPSA) is 76.3 Å². The van der Waals surface area contributed by atoms with Gasteiger partial charge in [-0.2, -0.15) is 10.2 Å². The highest BCUT2D eigenvalue weighted by molar-refractivity contribution is 6.30. The summed E-state index contributed by atoms with van der Waals surface area (Å²) in [5, 5.41) is 10.3. The highest BCUT2D eigenvalue weighted by Gasteiger charge is 2.14. The summed E-state index contributed by atoms with van der Waals surface area (Å²) in [6, 6.07) is 14.4. The molecule has 27 heavy (non-hydrogen) atoms. The van der Waals surface area contributed by atoms with E-state index in [1.165, 1.54) is 4.68 Å². The van der Waals surface area contributed by atoms with Gasteiger partial charge in [0.25, 0.3) is 11.5 Å². The van der Waals surface area contributed by atoms with Crippen LogP contribution in [0.1, 0.15) is 20.3 Å². The molecule has 0 fully saturated rings. The van der Waals surface area contributed by atoms with E-state index in [1.807, 2.05) is 38.1 Å². The molecule has 138 valence electrons. The normalized spacial score (nSPS) is 11.6. The van der Waals surface area contributed by atoms with E-state index in [1.54, 1.807) is 24.3 Å². The maximum absolute atomic E-state index is 12.8. The molecule has 0 unspecified atom stereocenters. The van der Waals surface area contributed by atoms with Crippen molar-refractivity contribution in [3.63, 3.8) is 0 Å². The summed E-state index contributed by atoms with van der Waals surface area (Å²) in [7, 11) is 0. The molecule has 1 amide bonds. The number of carbonyl (C=O) groups excluding carboxylic acids is 1. The van der Waals surface area contributed by atoms with Crippen LogP contribution in [0.3, 0.4) is 0 Å². The summed E-state index contributed by atoms with van der Waals surface area (Å²) in [4.78, 5) is 24.9. The third kappa shape index (κ3) is 4.23. The fourth-order valence-corrected chi connectivity index (χ4v) is 2.70. The van der Waals surface area contributed by atoms with Gasteiger partial charge in [0.15, 0.2) is 0 Å². The van der Waals surface area contributed by atoms with E-state index in [0.717, 1.165) is 23.1 Å². The Morgan fingerprint density at radius 2 is 1.81 bits per heavy atom. The minimum Gasteiger partial charge on any atom is -0.271 e. The van der Waals surface area contributed by atoms with Crippen molar-refractivity contribution in [2.45, 2.75) is 26.8 Å². The number of hydrogen-bond acceptors (Lipinski definition) is 4. The number of halogens is 1. The second-order valence-electron chi connectivity index (χ2n) is 6.10. The van der Waals surface area contributed by atoms with Crippen LogP contribution in [0.5, 0.6) is 0 Å². The minimum atomic E-state index is -0.408. The monoisotopic (exact) mass is 382 g/mol. The maximum atomic E-state index is 12.8. The molecular formula is C20H19ClN4O2. The molecule has 2 aromatic carbocycles. The molecule has 0 saturated heterocycles. The van der Waals surface area contributed by atoms with E-state index >= 15 is 0 Å². The zero-order valence-electron chi connectivity index (χ0n) is 15.1. The Hall–Kier alpha value is -2.99. The van der Waals surface area contributed by atoms with Gasteiger partial charge in [0.2, 0.25) is 0 Å². The Bertz CT molecular complexity index is 1070. The van der Waals surface area contributed by atoms with Gasteiger partial charge in [-0.3, -0.25) is 9.59 Å². The quantitative estimate of drug-likeness (QED) is 0.541. The summed E-state index contributed by atoms with van der Waals surface area (Å²) in [5.41, 5.74) is 4.35. The minimum absolute atomic E-state index is 0.218. The van der Waals surface area contributed by atoms with Crippen LogP contribution in [0.2, 0.25) is 5.02 Å². The lowest BCUT2D eigenvalue weighted by atomic mass is 10.1. The average molecular weight is 383 g/mol. The van der Waals surface area contributed by atoms with Crippen molar-refractivity contribution in [3.8, 4) is 11.3 Å². The van der Waals surface area contributed by atoms with Crippen molar-refractivity contribution in [3.05, 3.63) is 63.9 Å². The van der Waals surface area contributed by atoms with Crippen LogP contribution in [0.25, 0.3) is 22.0 Å². The fraction of sp³-hybridized carbons (Fsp3) is 0.200. The molecule has 3 rings (SSSR count). The van der Waals surface area contributed by atoms with Crippen LogP contribution in [0.15, 0.2) is 58.4 Å². The van der Waals surface area contributed by atoms with Gasteiger partial charge in [-0.05, 0) is 31.5 Å². The zero-order valence-corrected chi connectivity index (χ0v) is 15.8. The van der Waals surface area contributed by atoms with Crippen molar-refractivity contribution in [2.75, 3.05) is 0 Å². The number of nitrogens with zero attached hydrogens (tertiary/aromatic N) is 3. The molecule has 7 heteroatoms. The predicted octanol–water partition coefficient (Wildman–Crippen LogP) is 3.62. The van der Waals surface area contributed by atoms with Crippen molar-refractivity contribution < 1.29 is 4.79 Å². The third-order valence-corrected chi connectivity index (χ3v) is 4.41. The number of amides is 1. The van der Waals surface area contributed by atoms with Crippen LogP contribution in [0, 0.1) is 0 Å². The predicted molar refractivity (Wildman–Crippen MR) is 108 cm³/mol. The Morgan fingerprint density at radius 3 is 2.48 bits per heavy atom. The highest BCUT2D eigenvalue weighted by Crippen LogP contribution is 2.25. The molecule has 1 N–H and O–H groups in total. The number of nitrogens with one attached hydrogen (secondary N) is 1. The largest absolute Gasteiger partial charge is 0.275 e. The van der Waals surface area contributed by atoms with E-state index < -0.39 is 5.91 Å². The van der Waals surface area contributed by atoms with Gasteiger partial charge in [-0.15, -0.1) is 0 Å². The molecule has 0 aliphatic heterocycles. The van der Waals surface area contributed by atoms with Gasteiger partial charge < -0.3 is 0 Å². The first-order chi connectivity index (χ1) is 13.0. The smallest absolute Gasteiger partial charge is 0.271 e. The van der Waals surface area contributed by atoms with E-state index in [-0.39, 0.29) is 12.1 Å². The van der Waals surface area contributed by atoms with Gasteiger partial charge in [-0.25, -0.2) is 10.1 Å². The number of hydrazone groups is 1. The summed E-state index contributed by atoms with van der Waals surface area (Å²) in [5.74, 6) is -0.408. The van der Waals surface area contributed by atoms with Gasteiger partial charge in [-0.1, -0.05) is 48.9 Å². The lowest BCUT2D eigenvalue weighted by Crippen LogP contribution is -2.32. The fourth-order valence-electron chi connectivity index (χ4n) is 2.57. The molecular weight excluding hydrogens is 364 g/mol. The van der Waals surface area contributed by atoms with Crippen LogP contribution >= 0.6 is 11.6 Å². The van der Waals surface area contributed by atoms with Gasteiger partial charge >= 0.3 is 0 Å². The Labute approximate surface area is 161 Å². The molecule has 1 heterocycles. The van der Waals surface area contributed by atoms with Crippen molar-refractivity contribution in [1.82, 2.24) is 15.2 Å². The number of hydrogen-bond donors (Lipinski definition) is 1. The summed E-state index contributed by atoms with van der Waals surface area (Å²) >= 11 is 5.97. The van der Waals surface area contributed by atoms with E-state index in [4.69, 9.17) is 11.6 Å². The van der Waals surface area contributed by atoms with E-state index in [9.17, 15) is 9.59 Å². The molecule has 3 aromatic rings. The van der Waals surface area contributed by atoms with Gasteiger partial charge in [0, 0.05) is 21.7 Å².